The van der Waals surface area contributed by atoms with Gasteiger partial charge in [-0.2, -0.15) is 0 Å². The number of amides is 1. The largest absolute Gasteiger partial charge is 0.301 e. The van der Waals surface area contributed by atoms with E-state index in [9.17, 15) is 4.79 Å². The number of aromatic nitrogens is 1. The van der Waals surface area contributed by atoms with Crippen LogP contribution in [0.2, 0.25) is 10.0 Å². The standard InChI is InChI=1S/C17H19Cl2N3OS/c1-11-4-2-3-7-22(11)9-16(23)21-17-20-15(10-24-17)13-6-5-12(18)8-14(13)19/h5-6,8,10-11H,2-4,7,9H2,1H3,(H,20,21,23). The monoisotopic (exact) mass is 383 g/mol. The third-order valence-electron chi connectivity index (χ3n) is 4.24. The molecule has 1 unspecified atom stereocenters. The maximum absolute atomic E-state index is 12.3. The summed E-state index contributed by atoms with van der Waals surface area (Å²) in [6.07, 6.45) is 3.56. The molecule has 1 aliphatic rings. The normalized spacial score (nSPS) is 18.5. The van der Waals surface area contributed by atoms with E-state index in [1.807, 2.05) is 11.4 Å². The number of carbonyl (C=O) groups excluding carboxylic acids is 1. The Morgan fingerprint density at radius 1 is 1.42 bits per heavy atom. The summed E-state index contributed by atoms with van der Waals surface area (Å²) in [6.45, 7) is 3.58. The highest BCUT2D eigenvalue weighted by molar-refractivity contribution is 7.14. The second-order valence-electron chi connectivity index (χ2n) is 6.03. The summed E-state index contributed by atoms with van der Waals surface area (Å²) in [5.41, 5.74) is 1.55. The minimum Gasteiger partial charge on any atom is -0.301 e. The highest BCUT2D eigenvalue weighted by Gasteiger charge is 2.21. The minimum atomic E-state index is -0.0214. The van der Waals surface area contributed by atoms with Gasteiger partial charge in [0.05, 0.1) is 17.3 Å². The van der Waals surface area contributed by atoms with Crippen LogP contribution >= 0.6 is 34.5 Å². The summed E-state index contributed by atoms with van der Waals surface area (Å²) in [5.74, 6) is -0.0214. The molecule has 1 aliphatic heterocycles. The molecule has 1 atom stereocenters. The van der Waals surface area contributed by atoms with E-state index in [4.69, 9.17) is 23.2 Å². The van der Waals surface area contributed by atoms with Crippen LogP contribution in [0, 0.1) is 0 Å². The maximum atomic E-state index is 12.3. The number of piperidine rings is 1. The fraction of sp³-hybridized carbons (Fsp3) is 0.412. The highest BCUT2D eigenvalue weighted by Crippen LogP contribution is 2.32. The van der Waals surface area contributed by atoms with Crippen LogP contribution in [0.5, 0.6) is 0 Å². The molecular formula is C17H19Cl2N3OS. The van der Waals surface area contributed by atoms with Crippen LogP contribution in [0.3, 0.4) is 0 Å². The van der Waals surface area contributed by atoms with Crippen LogP contribution in [-0.4, -0.2) is 34.9 Å². The molecule has 128 valence electrons. The molecule has 0 aliphatic carbocycles. The molecule has 1 aromatic carbocycles. The van der Waals surface area contributed by atoms with Gasteiger partial charge in [-0.05, 0) is 44.5 Å². The average molecular weight is 384 g/mol. The number of anilines is 1. The van der Waals surface area contributed by atoms with Crippen LogP contribution < -0.4 is 5.32 Å². The minimum absolute atomic E-state index is 0.0214. The average Bonchev–Trinajstić information content (AvgIpc) is 2.97. The molecule has 0 radical (unpaired) electrons. The molecule has 0 saturated carbocycles. The highest BCUT2D eigenvalue weighted by atomic mass is 35.5. The number of nitrogens with zero attached hydrogens (tertiary/aromatic N) is 2. The summed E-state index contributed by atoms with van der Waals surface area (Å²) in [4.78, 5) is 18.9. The Morgan fingerprint density at radius 2 is 2.25 bits per heavy atom. The maximum Gasteiger partial charge on any atom is 0.240 e. The van der Waals surface area contributed by atoms with E-state index in [1.165, 1.54) is 17.8 Å². The van der Waals surface area contributed by atoms with Gasteiger partial charge in [0.1, 0.15) is 0 Å². The lowest BCUT2D eigenvalue weighted by Gasteiger charge is -2.32. The smallest absolute Gasteiger partial charge is 0.240 e. The molecule has 1 fully saturated rings. The van der Waals surface area contributed by atoms with E-state index in [2.05, 4.69) is 22.1 Å². The topological polar surface area (TPSA) is 45.2 Å². The van der Waals surface area contributed by atoms with Gasteiger partial charge < -0.3 is 5.32 Å². The first kappa shape index (κ1) is 17.7. The molecule has 3 rings (SSSR count). The first-order valence-electron chi connectivity index (χ1n) is 7.98. The van der Waals surface area contributed by atoms with Gasteiger partial charge in [-0.15, -0.1) is 11.3 Å². The predicted molar refractivity (Wildman–Crippen MR) is 101 cm³/mol. The van der Waals surface area contributed by atoms with Gasteiger partial charge in [0, 0.05) is 22.0 Å². The van der Waals surface area contributed by atoms with Crippen molar-refractivity contribution in [3.8, 4) is 11.3 Å². The third kappa shape index (κ3) is 4.28. The van der Waals surface area contributed by atoms with Crippen LogP contribution in [0.25, 0.3) is 11.3 Å². The summed E-state index contributed by atoms with van der Waals surface area (Å²) in [6, 6.07) is 5.76. The number of carbonyl (C=O) groups is 1. The van der Waals surface area contributed by atoms with Gasteiger partial charge in [-0.25, -0.2) is 4.98 Å². The second-order valence-corrected chi connectivity index (χ2v) is 7.73. The zero-order valence-corrected chi connectivity index (χ0v) is 15.7. The molecule has 4 nitrogen and oxygen atoms in total. The number of nitrogens with one attached hydrogen (secondary N) is 1. The number of halogens is 2. The van der Waals surface area contributed by atoms with Crippen LogP contribution in [0.4, 0.5) is 5.13 Å². The first-order valence-corrected chi connectivity index (χ1v) is 9.61. The summed E-state index contributed by atoms with van der Waals surface area (Å²) in [5, 5.41) is 6.50. The van der Waals surface area contributed by atoms with Crippen molar-refractivity contribution in [1.82, 2.24) is 9.88 Å². The number of hydrogen-bond donors (Lipinski definition) is 1. The number of likely N-dealkylation sites (tertiary alicyclic amines) is 1. The molecule has 0 bridgehead atoms. The van der Waals surface area contributed by atoms with E-state index in [0.717, 1.165) is 30.6 Å². The fourth-order valence-electron chi connectivity index (χ4n) is 2.89. The van der Waals surface area contributed by atoms with E-state index in [-0.39, 0.29) is 5.91 Å². The molecule has 1 amide bonds. The Kier molecular flexibility index (Phi) is 5.76. The summed E-state index contributed by atoms with van der Waals surface area (Å²) < 4.78 is 0. The van der Waals surface area contributed by atoms with Crippen LogP contribution in [-0.2, 0) is 4.79 Å². The zero-order chi connectivity index (χ0) is 17.1. The number of hydrogen-bond acceptors (Lipinski definition) is 4. The summed E-state index contributed by atoms with van der Waals surface area (Å²) in [7, 11) is 0. The fourth-order valence-corrected chi connectivity index (χ4v) is 4.12. The van der Waals surface area contributed by atoms with Crippen molar-refractivity contribution >= 4 is 45.6 Å². The lowest BCUT2D eigenvalue weighted by atomic mass is 10.0. The van der Waals surface area contributed by atoms with Crippen LogP contribution in [0.15, 0.2) is 23.6 Å². The quantitative estimate of drug-likeness (QED) is 0.813. The lowest BCUT2D eigenvalue weighted by molar-refractivity contribution is -0.118. The Hall–Kier alpha value is -1.14. The van der Waals surface area contributed by atoms with Crippen molar-refractivity contribution in [3.05, 3.63) is 33.6 Å². The lowest BCUT2D eigenvalue weighted by Crippen LogP contribution is -2.42. The van der Waals surface area contributed by atoms with Crippen molar-refractivity contribution in [1.29, 1.82) is 0 Å². The van der Waals surface area contributed by atoms with E-state index in [1.54, 1.807) is 12.1 Å². The van der Waals surface area contributed by atoms with Gasteiger partial charge >= 0.3 is 0 Å². The van der Waals surface area contributed by atoms with Crippen molar-refractivity contribution in [2.75, 3.05) is 18.4 Å². The van der Waals surface area contributed by atoms with E-state index < -0.39 is 0 Å². The predicted octanol–water partition coefficient (Wildman–Crippen LogP) is 4.93. The Labute approximate surface area is 155 Å². The van der Waals surface area contributed by atoms with Crippen molar-refractivity contribution in [2.24, 2.45) is 0 Å². The molecule has 7 heteroatoms. The van der Waals surface area contributed by atoms with Crippen molar-refractivity contribution < 1.29 is 4.79 Å². The molecule has 2 heterocycles. The van der Waals surface area contributed by atoms with Crippen molar-refractivity contribution in [3.63, 3.8) is 0 Å². The van der Waals surface area contributed by atoms with E-state index >= 15 is 0 Å². The van der Waals surface area contributed by atoms with E-state index in [0.29, 0.717) is 27.8 Å². The molecule has 1 N–H and O–H groups in total. The van der Waals surface area contributed by atoms with Gasteiger partial charge in [0.15, 0.2) is 5.13 Å². The van der Waals surface area contributed by atoms with Crippen LogP contribution in [0.1, 0.15) is 26.2 Å². The van der Waals surface area contributed by atoms with Gasteiger partial charge in [0.25, 0.3) is 0 Å². The zero-order valence-electron chi connectivity index (χ0n) is 13.4. The molecule has 24 heavy (non-hydrogen) atoms. The number of benzene rings is 1. The third-order valence-corrected chi connectivity index (χ3v) is 5.55. The Bertz CT molecular complexity index is 734. The first-order chi connectivity index (χ1) is 11.5. The molecule has 1 aromatic heterocycles. The number of rotatable bonds is 4. The van der Waals surface area contributed by atoms with Gasteiger partial charge in [0.2, 0.25) is 5.91 Å². The molecule has 1 saturated heterocycles. The van der Waals surface area contributed by atoms with Gasteiger partial charge in [-0.1, -0.05) is 29.6 Å². The van der Waals surface area contributed by atoms with Gasteiger partial charge in [-0.3, -0.25) is 9.69 Å². The Morgan fingerprint density at radius 3 is 3.00 bits per heavy atom. The SMILES string of the molecule is CC1CCCCN1CC(=O)Nc1nc(-c2ccc(Cl)cc2Cl)cs1. The molecule has 0 spiro atoms. The second kappa shape index (κ2) is 7.83. The Balaban J connectivity index is 1.64. The number of thiazole rings is 1. The molecule has 2 aromatic rings. The summed E-state index contributed by atoms with van der Waals surface area (Å²) >= 11 is 13.5. The van der Waals surface area contributed by atoms with Crippen molar-refractivity contribution in [2.45, 2.75) is 32.2 Å². The molecular weight excluding hydrogens is 365 g/mol.